The van der Waals surface area contributed by atoms with Crippen LogP contribution in [0.4, 0.5) is 0 Å². The molecule has 1 fully saturated rings. The fraction of sp³-hybridized carbons (Fsp3) is 0.375. The molecule has 2 heterocycles. The molecule has 0 saturated carbocycles. The highest BCUT2D eigenvalue weighted by Crippen LogP contribution is 2.33. The molecule has 0 amide bonds. The maximum absolute atomic E-state index is 6.33. The van der Waals surface area contributed by atoms with Gasteiger partial charge in [-0.25, -0.2) is 0 Å². The normalized spacial score (nSPS) is 16.5. The van der Waals surface area contributed by atoms with Gasteiger partial charge in [-0.3, -0.25) is 4.90 Å². The van der Waals surface area contributed by atoms with Crippen LogP contribution in [0.15, 0.2) is 35.7 Å². The number of benzene rings is 1. The van der Waals surface area contributed by atoms with E-state index in [9.17, 15) is 0 Å². The van der Waals surface area contributed by atoms with Crippen molar-refractivity contribution < 1.29 is 0 Å². The molecule has 2 nitrogen and oxygen atoms in total. The first-order chi connectivity index (χ1) is 9.75. The fourth-order valence-corrected chi connectivity index (χ4v) is 3.80. The van der Waals surface area contributed by atoms with Gasteiger partial charge in [0.05, 0.1) is 6.04 Å². The zero-order chi connectivity index (χ0) is 13.9. The highest BCUT2D eigenvalue weighted by Gasteiger charge is 2.24. The van der Waals surface area contributed by atoms with Gasteiger partial charge in [0.25, 0.3) is 0 Å². The second-order valence-electron chi connectivity index (χ2n) is 5.21. The standard InChI is InChI=1S/C16H19ClN2S.2ClH/c1-12-4-5-13(11-14(12)17)16(15-3-2-10-20-15)19-8-6-18-7-9-19;;/h2-5,10-11,16,18H,6-9H2,1H3;2*1H/t16-;;/m1../s1. The smallest absolute Gasteiger partial charge is 0.0697 e. The van der Waals surface area contributed by atoms with E-state index in [0.717, 1.165) is 36.8 Å². The maximum atomic E-state index is 6.33. The van der Waals surface area contributed by atoms with E-state index in [1.807, 2.05) is 11.3 Å². The Hall–Kier alpha value is -0.290. The van der Waals surface area contributed by atoms with Gasteiger partial charge in [-0.15, -0.1) is 36.2 Å². The number of hydrogen-bond donors (Lipinski definition) is 1. The van der Waals surface area contributed by atoms with E-state index in [1.165, 1.54) is 10.4 Å². The van der Waals surface area contributed by atoms with Crippen molar-refractivity contribution in [2.45, 2.75) is 13.0 Å². The number of halogens is 3. The molecule has 22 heavy (non-hydrogen) atoms. The van der Waals surface area contributed by atoms with Crippen LogP contribution in [-0.2, 0) is 0 Å². The Kier molecular flexibility index (Phi) is 8.19. The molecule has 0 unspecified atom stereocenters. The van der Waals surface area contributed by atoms with Crippen LogP contribution in [0.3, 0.4) is 0 Å². The van der Waals surface area contributed by atoms with Crippen LogP contribution in [0, 0.1) is 6.92 Å². The molecular formula is C16H21Cl3N2S. The molecule has 2 aromatic rings. The molecule has 1 aromatic carbocycles. The van der Waals surface area contributed by atoms with Gasteiger partial charge in [0.1, 0.15) is 0 Å². The molecule has 3 rings (SSSR count). The van der Waals surface area contributed by atoms with Crippen LogP contribution < -0.4 is 5.32 Å². The largest absolute Gasteiger partial charge is 0.314 e. The van der Waals surface area contributed by atoms with Crippen molar-refractivity contribution in [1.82, 2.24) is 10.2 Å². The summed E-state index contributed by atoms with van der Waals surface area (Å²) in [5.41, 5.74) is 2.44. The van der Waals surface area contributed by atoms with Gasteiger partial charge in [-0.2, -0.15) is 0 Å². The summed E-state index contributed by atoms with van der Waals surface area (Å²) >= 11 is 8.16. The summed E-state index contributed by atoms with van der Waals surface area (Å²) in [6.07, 6.45) is 0. The summed E-state index contributed by atoms with van der Waals surface area (Å²) in [5.74, 6) is 0. The summed E-state index contributed by atoms with van der Waals surface area (Å²) in [7, 11) is 0. The third-order valence-corrected chi connectivity index (χ3v) is 5.17. The minimum atomic E-state index is 0. The van der Waals surface area contributed by atoms with Crippen molar-refractivity contribution in [2.24, 2.45) is 0 Å². The van der Waals surface area contributed by atoms with Crippen molar-refractivity contribution in [2.75, 3.05) is 26.2 Å². The Labute approximate surface area is 153 Å². The molecule has 1 aliphatic heterocycles. The number of thiophene rings is 1. The van der Waals surface area contributed by atoms with Crippen LogP contribution >= 0.6 is 47.8 Å². The number of rotatable bonds is 3. The van der Waals surface area contributed by atoms with Gasteiger partial charge in [-0.1, -0.05) is 29.8 Å². The molecule has 1 saturated heterocycles. The third-order valence-electron chi connectivity index (χ3n) is 3.84. The van der Waals surface area contributed by atoms with E-state index in [4.69, 9.17) is 11.6 Å². The molecule has 122 valence electrons. The zero-order valence-corrected chi connectivity index (χ0v) is 15.6. The molecule has 0 aliphatic carbocycles. The lowest BCUT2D eigenvalue weighted by Gasteiger charge is -2.35. The van der Waals surface area contributed by atoms with E-state index in [2.05, 4.69) is 52.9 Å². The third kappa shape index (κ3) is 4.38. The van der Waals surface area contributed by atoms with Gasteiger partial charge >= 0.3 is 0 Å². The second-order valence-corrected chi connectivity index (χ2v) is 6.60. The average molecular weight is 380 g/mol. The number of piperazine rings is 1. The molecule has 6 heteroatoms. The summed E-state index contributed by atoms with van der Waals surface area (Å²) in [6.45, 7) is 6.32. The first kappa shape index (κ1) is 19.8. The summed E-state index contributed by atoms with van der Waals surface area (Å²) < 4.78 is 0. The van der Waals surface area contributed by atoms with E-state index >= 15 is 0 Å². The number of nitrogens with zero attached hydrogens (tertiary/aromatic N) is 1. The Bertz CT molecular complexity index is 569. The number of hydrogen-bond acceptors (Lipinski definition) is 3. The lowest BCUT2D eigenvalue weighted by Crippen LogP contribution is -2.45. The van der Waals surface area contributed by atoms with Crippen molar-refractivity contribution >= 4 is 47.8 Å². The van der Waals surface area contributed by atoms with Crippen LogP contribution in [-0.4, -0.2) is 31.1 Å². The molecule has 0 bridgehead atoms. The average Bonchev–Trinajstić information content (AvgIpc) is 2.98. The molecule has 1 aromatic heterocycles. The maximum Gasteiger partial charge on any atom is 0.0697 e. The summed E-state index contributed by atoms with van der Waals surface area (Å²) in [4.78, 5) is 3.94. The molecule has 0 spiro atoms. The van der Waals surface area contributed by atoms with Crippen molar-refractivity contribution in [3.8, 4) is 0 Å². The predicted molar refractivity (Wildman–Crippen MR) is 101 cm³/mol. The predicted octanol–water partition coefficient (Wildman–Crippen LogP) is 4.55. The van der Waals surface area contributed by atoms with Crippen LogP contribution in [0.2, 0.25) is 5.02 Å². The van der Waals surface area contributed by atoms with Crippen LogP contribution in [0.5, 0.6) is 0 Å². The Morgan fingerprint density at radius 2 is 1.91 bits per heavy atom. The zero-order valence-electron chi connectivity index (χ0n) is 12.4. The van der Waals surface area contributed by atoms with E-state index in [-0.39, 0.29) is 24.8 Å². The van der Waals surface area contributed by atoms with Crippen LogP contribution in [0.1, 0.15) is 22.0 Å². The lowest BCUT2D eigenvalue weighted by atomic mass is 10.0. The highest BCUT2D eigenvalue weighted by molar-refractivity contribution is 7.10. The van der Waals surface area contributed by atoms with Crippen molar-refractivity contribution in [3.63, 3.8) is 0 Å². The first-order valence-electron chi connectivity index (χ1n) is 7.00. The van der Waals surface area contributed by atoms with Crippen LogP contribution in [0.25, 0.3) is 0 Å². The van der Waals surface area contributed by atoms with E-state index < -0.39 is 0 Å². The molecule has 1 aliphatic rings. The summed E-state index contributed by atoms with van der Waals surface area (Å²) in [5, 5.41) is 6.44. The van der Waals surface area contributed by atoms with Gasteiger partial charge < -0.3 is 5.32 Å². The molecule has 0 radical (unpaired) electrons. The quantitative estimate of drug-likeness (QED) is 0.841. The molecule has 1 N–H and O–H groups in total. The van der Waals surface area contributed by atoms with E-state index in [1.54, 1.807) is 0 Å². The summed E-state index contributed by atoms with van der Waals surface area (Å²) in [6, 6.07) is 11.2. The van der Waals surface area contributed by atoms with Gasteiger partial charge in [0.15, 0.2) is 0 Å². The van der Waals surface area contributed by atoms with Gasteiger partial charge in [-0.05, 0) is 35.6 Å². The molecular weight excluding hydrogens is 359 g/mol. The van der Waals surface area contributed by atoms with Gasteiger partial charge in [0.2, 0.25) is 0 Å². The second kappa shape index (κ2) is 9.11. The Morgan fingerprint density at radius 1 is 1.18 bits per heavy atom. The minimum absolute atomic E-state index is 0. The monoisotopic (exact) mass is 378 g/mol. The number of aryl methyl sites for hydroxylation is 1. The van der Waals surface area contributed by atoms with E-state index in [0.29, 0.717) is 6.04 Å². The Balaban J connectivity index is 0.00000121. The topological polar surface area (TPSA) is 15.3 Å². The first-order valence-corrected chi connectivity index (χ1v) is 8.25. The highest BCUT2D eigenvalue weighted by atomic mass is 35.5. The molecule has 1 atom stereocenters. The van der Waals surface area contributed by atoms with Gasteiger partial charge in [0, 0.05) is 36.1 Å². The van der Waals surface area contributed by atoms with Crippen molar-refractivity contribution in [3.05, 3.63) is 56.7 Å². The van der Waals surface area contributed by atoms with Crippen molar-refractivity contribution in [1.29, 1.82) is 0 Å². The Morgan fingerprint density at radius 3 is 2.50 bits per heavy atom. The minimum Gasteiger partial charge on any atom is -0.314 e. The lowest BCUT2D eigenvalue weighted by molar-refractivity contribution is 0.200. The fourth-order valence-electron chi connectivity index (χ4n) is 2.72. The number of nitrogens with one attached hydrogen (secondary N) is 1. The SMILES string of the molecule is Cc1ccc([C@H](c2cccs2)N2CCNCC2)cc1Cl.Cl.Cl.